The molecule has 1 saturated heterocycles. The number of halogens is 1. The molecule has 0 spiro atoms. The lowest BCUT2D eigenvalue weighted by atomic mass is 10.2. The van der Waals surface area contributed by atoms with E-state index < -0.39 is 0 Å². The van der Waals surface area contributed by atoms with Gasteiger partial charge in [0.1, 0.15) is 0 Å². The lowest BCUT2D eigenvalue weighted by Gasteiger charge is -2.36. The molecule has 0 bridgehead atoms. The van der Waals surface area contributed by atoms with Gasteiger partial charge in [0.05, 0.1) is 17.2 Å². The van der Waals surface area contributed by atoms with Gasteiger partial charge >= 0.3 is 0 Å². The maximum absolute atomic E-state index is 6.18. The summed E-state index contributed by atoms with van der Waals surface area (Å²) in [6.07, 6.45) is 0. The van der Waals surface area contributed by atoms with E-state index in [0.29, 0.717) is 12.5 Å². The molecule has 3 rings (SSSR count). The van der Waals surface area contributed by atoms with E-state index in [1.54, 1.807) is 11.3 Å². The fourth-order valence-corrected chi connectivity index (χ4v) is 3.81. The minimum absolute atomic E-state index is 0.612. The molecule has 0 radical (unpaired) electrons. The molecular weight excluding hydrogens is 342 g/mol. The van der Waals surface area contributed by atoms with Crippen LogP contribution in [0, 0.1) is 13.8 Å². The van der Waals surface area contributed by atoms with Crippen LogP contribution in [-0.4, -0.2) is 42.0 Å². The van der Waals surface area contributed by atoms with Crippen LogP contribution in [0.25, 0.3) is 0 Å². The van der Waals surface area contributed by atoms with Gasteiger partial charge in [0.2, 0.25) is 0 Å². The van der Waals surface area contributed by atoms with E-state index in [9.17, 15) is 0 Å². The highest BCUT2D eigenvalue weighted by atomic mass is 35.5. The van der Waals surface area contributed by atoms with Crippen molar-refractivity contribution in [2.45, 2.75) is 20.4 Å². The molecule has 0 unspecified atom stereocenters. The van der Waals surface area contributed by atoms with Crippen LogP contribution in [0.2, 0.25) is 5.02 Å². The Hall–Kier alpha value is -1.79. The summed E-state index contributed by atoms with van der Waals surface area (Å²) in [6, 6.07) is 7.98. The molecule has 1 aromatic heterocycles. The summed E-state index contributed by atoms with van der Waals surface area (Å²) >= 11 is 7.64. The van der Waals surface area contributed by atoms with Crippen molar-refractivity contribution in [3.63, 3.8) is 0 Å². The summed E-state index contributed by atoms with van der Waals surface area (Å²) in [5.74, 6) is 0.621. The second-order valence-electron chi connectivity index (χ2n) is 5.87. The fraction of sp³-hybridized carbons (Fsp3) is 0.412. The molecule has 1 aliphatic heterocycles. The summed E-state index contributed by atoms with van der Waals surface area (Å²) in [4.78, 5) is 14.7. The molecule has 1 aliphatic rings. The third-order valence-electron chi connectivity index (χ3n) is 4.18. The van der Waals surface area contributed by atoms with Crippen LogP contribution >= 0.6 is 22.9 Å². The summed E-state index contributed by atoms with van der Waals surface area (Å²) in [7, 11) is 0. The Morgan fingerprint density at radius 2 is 1.88 bits per heavy atom. The van der Waals surface area contributed by atoms with Crippen molar-refractivity contribution in [3.05, 3.63) is 44.9 Å². The Morgan fingerprint density at radius 1 is 1.21 bits per heavy atom. The number of nitrogens with zero attached hydrogens (tertiary/aromatic N) is 4. The topological polar surface area (TPSA) is 57.8 Å². The molecule has 0 amide bonds. The molecule has 2 aromatic rings. The van der Waals surface area contributed by atoms with E-state index in [-0.39, 0.29) is 0 Å². The zero-order valence-electron chi connectivity index (χ0n) is 14.0. The van der Waals surface area contributed by atoms with Gasteiger partial charge in [-0.05, 0) is 38.1 Å². The maximum atomic E-state index is 6.18. The van der Waals surface area contributed by atoms with E-state index in [4.69, 9.17) is 17.3 Å². The third kappa shape index (κ3) is 3.99. The number of nitrogens with two attached hydrogens (primary N) is 1. The first-order chi connectivity index (χ1) is 11.5. The summed E-state index contributed by atoms with van der Waals surface area (Å²) in [5, 5.41) is 1.84. The van der Waals surface area contributed by atoms with Crippen LogP contribution in [0.15, 0.2) is 29.3 Å². The van der Waals surface area contributed by atoms with Crippen molar-refractivity contribution in [1.29, 1.82) is 0 Å². The van der Waals surface area contributed by atoms with Gasteiger partial charge in [0.25, 0.3) is 0 Å². The standard InChI is InChI=1S/C17H22ClN5S/c1-12-16(24-13(2)21-12)11-20-17(19)23-9-7-22(8-10-23)15-5-3-14(18)4-6-15/h3-6H,7-11H2,1-2H3,(H2,19,20). The normalized spacial score (nSPS) is 15.9. The highest BCUT2D eigenvalue weighted by Crippen LogP contribution is 2.20. The van der Waals surface area contributed by atoms with Gasteiger partial charge in [0, 0.05) is 41.8 Å². The Kier molecular flexibility index (Phi) is 5.26. The number of hydrogen-bond acceptors (Lipinski definition) is 4. The van der Waals surface area contributed by atoms with Gasteiger partial charge < -0.3 is 15.5 Å². The molecule has 2 heterocycles. The smallest absolute Gasteiger partial charge is 0.191 e. The molecule has 5 nitrogen and oxygen atoms in total. The number of hydrogen-bond donors (Lipinski definition) is 1. The molecular formula is C17H22ClN5S. The quantitative estimate of drug-likeness (QED) is 0.672. The number of aromatic nitrogens is 1. The van der Waals surface area contributed by atoms with Crippen LogP contribution in [0.1, 0.15) is 15.6 Å². The molecule has 0 saturated carbocycles. The van der Waals surface area contributed by atoms with Gasteiger partial charge in [-0.3, -0.25) is 0 Å². The van der Waals surface area contributed by atoms with Gasteiger partial charge in [-0.15, -0.1) is 11.3 Å². The van der Waals surface area contributed by atoms with Gasteiger partial charge in [-0.25, -0.2) is 9.98 Å². The summed E-state index contributed by atoms with van der Waals surface area (Å²) in [6.45, 7) is 8.25. The van der Waals surface area contributed by atoms with E-state index in [0.717, 1.165) is 41.9 Å². The van der Waals surface area contributed by atoms with Crippen LogP contribution in [-0.2, 0) is 6.54 Å². The van der Waals surface area contributed by atoms with Crippen LogP contribution in [0.5, 0.6) is 0 Å². The monoisotopic (exact) mass is 363 g/mol. The molecule has 1 aromatic carbocycles. The lowest BCUT2D eigenvalue weighted by molar-refractivity contribution is 0.381. The molecule has 7 heteroatoms. The maximum Gasteiger partial charge on any atom is 0.191 e. The first-order valence-electron chi connectivity index (χ1n) is 8.01. The number of piperazine rings is 1. The average molecular weight is 364 g/mol. The number of benzene rings is 1. The molecule has 128 valence electrons. The predicted molar refractivity (Wildman–Crippen MR) is 102 cm³/mol. The van der Waals surface area contributed by atoms with Crippen molar-refractivity contribution < 1.29 is 0 Å². The van der Waals surface area contributed by atoms with E-state index in [2.05, 4.69) is 31.9 Å². The number of rotatable bonds is 3. The van der Waals surface area contributed by atoms with E-state index >= 15 is 0 Å². The largest absolute Gasteiger partial charge is 0.370 e. The molecule has 0 atom stereocenters. The van der Waals surface area contributed by atoms with Crippen LogP contribution < -0.4 is 10.6 Å². The Labute approximate surface area is 151 Å². The highest BCUT2D eigenvalue weighted by molar-refractivity contribution is 7.11. The molecule has 24 heavy (non-hydrogen) atoms. The number of aliphatic imine (C=N–C) groups is 1. The molecule has 0 aliphatic carbocycles. The van der Waals surface area contributed by atoms with Gasteiger partial charge in [-0.1, -0.05) is 11.6 Å². The van der Waals surface area contributed by atoms with E-state index in [1.165, 1.54) is 10.6 Å². The molecule has 2 N–H and O–H groups in total. The summed E-state index contributed by atoms with van der Waals surface area (Å²) in [5.41, 5.74) is 8.44. The third-order valence-corrected chi connectivity index (χ3v) is 5.49. The van der Waals surface area contributed by atoms with Crippen LogP contribution in [0.4, 0.5) is 5.69 Å². The summed E-state index contributed by atoms with van der Waals surface area (Å²) < 4.78 is 0. The van der Waals surface area contributed by atoms with Gasteiger partial charge in [0.15, 0.2) is 5.96 Å². The Balaban J connectivity index is 1.56. The van der Waals surface area contributed by atoms with Crippen molar-refractivity contribution >= 4 is 34.6 Å². The minimum Gasteiger partial charge on any atom is -0.370 e. The number of anilines is 1. The van der Waals surface area contributed by atoms with Gasteiger partial charge in [-0.2, -0.15) is 0 Å². The van der Waals surface area contributed by atoms with Crippen molar-refractivity contribution in [1.82, 2.24) is 9.88 Å². The van der Waals surface area contributed by atoms with E-state index in [1.807, 2.05) is 26.0 Å². The number of guanidine groups is 1. The van der Waals surface area contributed by atoms with Crippen molar-refractivity contribution in [2.24, 2.45) is 10.7 Å². The zero-order chi connectivity index (χ0) is 17.1. The zero-order valence-corrected chi connectivity index (χ0v) is 15.6. The van der Waals surface area contributed by atoms with Crippen LogP contribution in [0.3, 0.4) is 0 Å². The SMILES string of the molecule is Cc1nc(C)c(CN=C(N)N2CCN(c3ccc(Cl)cc3)CC2)s1. The van der Waals surface area contributed by atoms with Crippen molar-refractivity contribution in [3.8, 4) is 0 Å². The highest BCUT2D eigenvalue weighted by Gasteiger charge is 2.18. The first-order valence-corrected chi connectivity index (χ1v) is 9.20. The number of aryl methyl sites for hydroxylation is 2. The second-order valence-corrected chi connectivity index (χ2v) is 7.59. The first kappa shape index (κ1) is 17.0. The van der Waals surface area contributed by atoms with Crippen molar-refractivity contribution in [2.75, 3.05) is 31.1 Å². The number of thiazole rings is 1. The second kappa shape index (κ2) is 7.40. The average Bonchev–Trinajstić information content (AvgIpc) is 2.91. The molecule has 1 fully saturated rings. The predicted octanol–water partition coefficient (Wildman–Crippen LogP) is 3.05. The fourth-order valence-electron chi connectivity index (χ4n) is 2.82. The minimum atomic E-state index is 0.612. The lowest BCUT2D eigenvalue weighted by Crippen LogP contribution is -2.51. The Bertz CT molecular complexity index is 717. The Morgan fingerprint density at radius 3 is 2.46 bits per heavy atom.